The van der Waals surface area contributed by atoms with Crippen molar-refractivity contribution in [3.63, 3.8) is 0 Å². The fourth-order valence-corrected chi connectivity index (χ4v) is 3.35. The maximum absolute atomic E-state index is 9.99. The predicted molar refractivity (Wildman–Crippen MR) is 124 cm³/mol. The number of nitrogens with zero attached hydrogens (tertiary/aromatic N) is 1. The van der Waals surface area contributed by atoms with Gasteiger partial charge in [0.05, 0.1) is 11.2 Å². The number of aromatic hydroxyl groups is 1. The Bertz CT molecular complexity index is 1250. The van der Waals surface area contributed by atoms with Crippen LogP contribution in [0.3, 0.4) is 0 Å². The van der Waals surface area contributed by atoms with Crippen molar-refractivity contribution in [1.82, 2.24) is 10.2 Å². The van der Waals surface area contributed by atoms with Crippen LogP contribution in [0.15, 0.2) is 67.3 Å². The van der Waals surface area contributed by atoms with Gasteiger partial charge in [0.15, 0.2) is 11.5 Å². The van der Waals surface area contributed by atoms with Gasteiger partial charge >= 0.3 is 0 Å². The molecule has 0 aliphatic rings. The van der Waals surface area contributed by atoms with Gasteiger partial charge in [0.2, 0.25) is 0 Å². The summed E-state index contributed by atoms with van der Waals surface area (Å²) in [6.07, 6.45) is 5.76. The molecule has 0 bridgehead atoms. The molecule has 0 amide bonds. The number of nitrogens with one attached hydrogen (secondary N) is 1. The van der Waals surface area contributed by atoms with Gasteiger partial charge in [-0.1, -0.05) is 49.1 Å². The summed E-state index contributed by atoms with van der Waals surface area (Å²) in [6, 6.07) is 17.9. The van der Waals surface area contributed by atoms with Crippen LogP contribution in [0.4, 0.5) is 0 Å². The van der Waals surface area contributed by atoms with Crippen molar-refractivity contribution < 1.29 is 9.84 Å². The molecule has 4 nitrogen and oxygen atoms in total. The van der Waals surface area contributed by atoms with Crippen LogP contribution in [-0.2, 0) is 0 Å². The smallest absolute Gasteiger partial charge is 0.162 e. The summed E-state index contributed by atoms with van der Waals surface area (Å²) >= 11 is 0. The van der Waals surface area contributed by atoms with E-state index < -0.39 is 0 Å². The van der Waals surface area contributed by atoms with Crippen molar-refractivity contribution in [1.29, 1.82) is 0 Å². The number of ether oxygens (including phenoxy) is 1. The van der Waals surface area contributed by atoms with E-state index in [1.807, 2.05) is 18.2 Å². The molecule has 0 saturated carbocycles. The Morgan fingerprint density at radius 2 is 1.77 bits per heavy atom. The zero-order chi connectivity index (χ0) is 21.1. The number of phenols is 1. The molecule has 30 heavy (non-hydrogen) atoms. The molecule has 0 aliphatic heterocycles. The van der Waals surface area contributed by atoms with E-state index in [0.29, 0.717) is 12.4 Å². The van der Waals surface area contributed by atoms with Crippen LogP contribution >= 0.6 is 0 Å². The third kappa shape index (κ3) is 3.98. The number of hydrogen-bond donors (Lipinski definition) is 2. The number of aromatic nitrogens is 2. The number of H-pyrrole nitrogens is 1. The Kier molecular flexibility index (Phi) is 5.40. The van der Waals surface area contributed by atoms with Crippen LogP contribution in [-0.4, -0.2) is 21.9 Å². The van der Waals surface area contributed by atoms with Crippen LogP contribution < -0.4 is 4.74 Å². The maximum atomic E-state index is 9.99. The molecular weight excluding hydrogens is 372 g/mol. The molecule has 0 aliphatic carbocycles. The van der Waals surface area contributed by atoms with Crippen molar-refractivity contribution in [2.75, 3.05) is 6.61 Å². The lowest BCUT2D eigenvalue weighted by Gasteiger charge is -2.09. The highest BCUT2D eigenvalue weighted by Crippen LogP contribution is 2.33. The Balaban J connectivity index is 1.63. The van der Waals surface area contributed by atoms with Crippen LogP contribution in [0.2, 0.25) is 0 Å². The normalized spacial score (nSPS) is 11.3. The molecule has 0 saturated heterocycles. The highest BCUT2D eigenvalue weighted by atomic mass is 16.5. The van der Waals surface area contributed by atoms with E-state index in [4.69, 9.17) is 4.74 Å². The zero-order valence-electron chi connectivity index (χ0n) is 17.1. The number of aryl methyl sites for hydroxylation is 2. The second-order valence-corrected chi connectivity index (χ2v) is 7.33. The summed E-state index contributed by atoms with van der Waals surface area (Å²) in [5.74, 6) is 0.552. The van der Waals surface area contributed by atoms with E-state index in [-0.39, 0.29) is 5.75 Å². The van der Waals surface area contributed by atoms with Crippen molar-refractivity contribution in [2.24, 2.45) is 0 Å². The largest absolute Gasteiger partial charge is 0.504 e. The second kappa shape index (κ2) is 8.29. The highest BCUT2D eigenvalue weighted by Gasteiger charge is 2.09. The third-order valence-electron chi connectivity index (χ3n) is 5.21. The van der Waals surface area contributed by atoms with Crippen molar-refractivity contribution >= 4 is 23.1 Å². The SMILES string of the molecule is C=CCOc1cc(-c2ccc3c(/C=C/c4ccc(C)c(C)c4)n[nH]c3c2)ccc1O. The molecule has 2 N–H and O–H groups in total. The molecule has 0 radical (unpaired) electrons. The maximum Gasteiger partial charge on any atom is 0.162 e. The molecule has 1 heterocycles. The summed E-state index contributed by atoms with van der Waals surface area (Å²) in [7, 11) is 0. The second-order valence-electron chi connectivity index (χ2n) is 7.33. The van der Waals surface area contributed by atoms with E-state index in [9.17, 15) is 5.11 Å². The lowest BCUT2D eigenvalue weighted by molar-refractivity contribution is 0.336. The molecule has 150 valence electrons. The van der Waals surface area contributed by atoms with E-state index in [0.717, 1.165) is 33.3 Å². The number of benzene rings is 3. The monoisotopic (exact) mass is 396 g/mol. The summed E-state index contributed by atoms with van der Waals surface area (Å²) in [4.78, 5) is 0. The molecule has 0 fully saturated rings. The molecule has 0 unspecified atom stereocenters. The van der Waals surface area contributed by atoms with Crippen LogP contribution in [0.5, 0.6) is 11.5 Å². The summed E-state index contributed by atoms with van der Waals surface area (Å²) < 4.78 is 5.53. The molecule has 4 heteroatoms. The minimum Gasteiger partial charge on any atom is -0.504 e. The minimum atomic E-state index is 0.113. The van der Waals surface area contributed by atoms with Gasteiger partial charge in [-0.3, -0.25) is 5.10 Å². The molecule has 0 spiro atoms. The quantitative estimate of drug-likeness (QED) is 0.377. The zero-order valence-corrected chi connectivity index (χ0v) is 17.1. The molecular formula is C26H24N2O2. The molecule has 4 aromatic rings. The number of fused-ring (bicyclic) bond motifs is 1. The standard InChI is InChI=1S/C26H24N2O2/c1-4-13-30-26-16-21(9-12-25(26)29)20-8-10-22-23(27-28-24(22)15-20)11-7-19-6-5-17(2)18(3)14-19/h4-12,14-16,29H,1,13H2,2-3H3,(H,27,28)/b11-7+. The molecule has 4 rings (SSSR count). The third-order valence-corrected chi connectivity index (χ3v) is 5.21. The van der Waals surface area contributed by atoms with E-state index in [1.165, 1.54) is 11.1 Å². The van der Waals surface area contributed by atoms with Crippen LogP contribution in [0.25, 0.3) is 34.2 Å². The number of aromatic amines is 1. The highest BCUT2D eigenvalue weighted by molar-refractivity contribution is 5.92. The fourth-order valence-electron chi connectivity index (χ4n) is 3.35. The lowest BCUT2D eigenvalue weighted by atomic mass is 10.0. The van der Waals surface area contributed by atoms with E-state index in [1.54, 1.807) is 12.1 Å². The first-order valence-corrected chi connectivity index (χ1v) is 9.85. The molecule has 0 atom stereocenters. The number of phenolic OH excluding ortho intramolecular Hbond substituents is 1. The van der Waals surface area contributed by atoms with Gasteiger partial charge in [0.25, 0.3) is 0 Å². The van der Waals surface area contributed by atoms with E-state index >= 15 is 0 Å². The van der Waals surface area contributed by atoms with Gasteiger partial charge in [-0.15, -0.1) is 0 Å². The van der Waals surface area contributed by atoms with Crippen molar-refractivity contribution in [3.05, 3.63) is 89.6 Å². The first kappa shape index (κ1) is 19.5. The van der Waals surface area contributed by atoms with Gasteiger partial charge in [-0.25, -0.2) is 0 Å². The summed E-state index contributed by atoms with van der Waals surface area (Å²) in [6.45, 7) is 8.22. The average Bonchev–Trinajstić information content (AvgIpc) is 3.16. The average molecular weight is 396 g/mol. The van der Waals surface area contributed by atoms with Gasteiger partial charge in [0, 0.05) is 5.39 Å². The fraction of sp³-hybridized carbons (Fsp3) is 0.115. The Hall–Kier alpha value is -3.79. The van der Waals surface area contributed by atoms with Crippen molar-refractivity contribution in [2.45, 2.75) is 13.8 Å². The Morgan fingerprint density at radius 1 is 0.967 bits per heavy atom. The van der Waals surface area contributed by atoms with Gasteiger partial charge in [0.1, 0.15) is 6.61 Å². The summed E-state index contributed by atoms with van der Waals surface area (Å²) in [5, 5.41) is 18.6. The Morgan fingerprint density at radius 3 is 2.57 bits per heavy atom. The van der Waals surface area contributed by atoms with Gasteiger partial charge in [-0.2, -0.15) is 5.10 Å². The minimum absolute atomic E-state index is 0.113. The first-order valence-electron chi connectivity index (χ1n) is 9.85. The molecule has 1 aromatic heterocycles. The van der Waals surface area contributed by atoms with Crippen LogP contribution in [0.1, 0.15) is 22.4 Å². The van der Waals surface area contributed by atoms with E-state index in [2.05, 4.69) is 73.1 Å². The summed E-state index contributed by atoms with van der Waals surface area (Å²) in [5.41, 5.74) is 7.54. The van der Waals surface area contributed by atoms with Gasteiger partial charge < -0.3 is 9.84 Å². The van der Waals surface area contributed by atoms with Gasteiger partial charge in [-0.05, 0) is 72.0 Å². The predicted octanol–water partition coefficient (Wildman–Crippen LogP) is 6.29. The number of rotatable bonds is 6. The topological polar surface area (TPSA) is 58.1 Å². The Labute approximate surface area is 176 Å². The van der Waals surface area contributed by atoms with Crippen molar-refractivity contribution in [3.8, 4) is 22.6 Å². The number of hydrogen-bond acceptors (Lipinski definition) is 3. The molecule has 3 aromatic carbocycles. The van der Waals surface area contributed by atoms with Crippen LogP contribution in [0, 0.1) is 13.8 Å². The first-order chi connectivity index (χ1) is 14.5. The lowest BCUT2D eigenvalue weighted by Crippen LogP contribution is -1.93.